The molecule has 0 aliphatic heterocycles. The second-order valence-corrected chi connectivity index (χ2v) is 12.1. The van der Waals surface area contributed by atoms with Crippen molar-refractivity contribution in [2.24, 2.45) is 0 Å². The van der Waals surface area contributed by atoms with E-state index in [4.69, 9.17) is 0 Å². The highest BCUT2D eigenvalue weighted by molar-refractivity contribution is 9.10. The van der Waals surface area contributed by atoms with Gasteiger partial charge in [0.2, 0.25) is 0 Å². The smallest absolute Gasteiger partial charge is 0.0987 e. The van der Waals surface area contributed by atoms with E-state index in [-0.39, 0.29) is 0 Å². The molecule has 2 aromatic rings. The highest BCUT2D eigenvalue weighted by atomic mass is 79.9. The third-order valence-electron chi connectivity index (χ3n) is 4.06. The van der Waals surface area contributed by atoms with Crippen molar-refractivity contribution >= 4 is 49.9 Å². The van der Waals surface area contributed by atoms with Crippen molar-refractivity contribution in [2.75, 3.05) is 0 Å². The van der Waals surface area contributed by atoms with Crippen LogP contribution in [0, 0.1) is 0 Å². The van der Waals surface area contributed by atoms with Crippen molar-refractivity contribution in [1.82, 2.24) is 0 Å². The third-order valence-corrected chi connectivity index (χ3v) is 12.5. The summed E-state index contributed by atoms with van der Waals surface area (Å²) in [4.78, 5) is 0. The molecule has 0 radical (unpaired) electrons. The molecule has 0 aliphatic rings. The summed E-state index contributed by atoms with van der Waals surface area (Å²) in [5.74, 6) is 0. The van der Waals surface area contributed by atoms with E-state index in [1.807, 2.05) is 11.3 Å². The van der Waals surface area contributed by atoms with Gasteiger partial charge in [-0.05, 0) is 22.7 Å². The summed E-state index contributed by atoms with van der Waals surface area (Å²) < 4.78 is 4.36. The predicted octanol–water partition coefficient (Wildman–Crippen LogP) is 5.38. The first kappa shape index (κ1) is 13.3. The average Bonchev–Trinajstić information content (AvgIpc) is 2.78. The van der Waals surface area contributed by atoms with Gasteiger partial charge in [0.15, 0.2) is 0 Å². The Morgan fingerprint density at radius 1 is 1.12 bits per heavy atom. The van der Waals surface area contributed by atoms with Crippen LogP contribution in [0.15, 0.2) is 28.7 Å². The summed E-state index contributed by atoms with van der Waals surface area (Å²) in [5.41, 5.74) is 0. The number of halogens is 1. The first-order valence-corrected chi connectivity index (χ1v) is 10.6. The summed E-state index contributed by atoms with van der Waals surface area (Å²) >= 11 is 5.69. The summed E-state index contributed by atoms with van der Waals surface area (Å²) in [5, 5.41) is 1.40. The van der Waals surface area contributed by atoms with E-state index >= 15 is 0 Å². The van der Waals surface area contributed by atoms with Gasteiger partial charge in [0, 0.05) is 14.6 Å². The van der Waals surface area contributed by atoms with Gasteiger partial charge in [0.1, 0.15) is 0 Å². The summed E-state index contributed by atoms with van der Waals surface area (Å²) in [6, 6.07) is 13.1. The summed E-state index contributed by atoms with van der Waals surface area (Å²) in [7, 11) is -1.20. The summed E-state index contributed by atoms with van der Waals surface area (Å²) in [6.45, 7) is 7.12. The van der Waals surface area contributed by atoms with Gasteiger partial charge in [-0.3, -0.25) is 0 Å². The normalized spacial score (nSPS) is 12.2. The van der Waals surface area contributed by atoms with Crippen LogP contribution in [0.1, 0.15) is 20.8 Å². The highest BCUT2D eigenvalue weighted by Crippen LogP contribution is 2.31. The second-order valence-electron chi connectivity index (χ2n) is 4.60. The van der Waals surface area contributed by atoms with Crippen LogP contribution < -0.4 is 4.50 Å². The van der Waals surface area contributed by atoms with E-state index in [1.165, 1.54) is 32.7 Å². The lowest BCUT2D eigenvalue weighted by Gasteiger charge is -2.26. The van der Waals surface area contributed by atoms with Crippen molar-refractivity contribution in [3.8, 4) is 0 Å². The van der Waals surface area contributed by atoms with Crippen LogP contribution in [0.3, 0.4) is 0 Å². The van der Waals surface area contributed by atoms with Crippen molar-refractivity contribution < 1.29 is 0 Å². The fourth-order valence-corrected chi connectivity index (χ4v) is 9.50. The monoisotopic (exact) mass is 326 g/mol. The zero-order valence-electron chi connectivity index (χ0n) is 10.7. The van der Waals surface area contributed by atoms with Crippen molar-refractivity contribution in [3.05, 3.63) is 28.7 Å². The zero-order valence-corrected chi connectivity index (χ0v) is 14.1. The van der Waals surface area contributed by atoms with Crippen LogP contribution >= 0.6 is 27.3 Å². The maximum atomic E-state index is 3.66. The lowest BCUT2D eigenvalue weighted by atomic mass is 10.3. The minimum atomic E-state index is -1.20. The molecule has 0 unspecified atom stereocenters. The van der Waals surface area contributed by atoms with E-state index in [2.05, 4.69) is 61.0 Å². The number of hydrogen-bond donors (Lipinski definition) is 0. The molecule has 92 valence electrons. The van der Waals surface area contributed by atoms with E-state index in [9.17, 15) is 0 Å². The van der Waals surface area contributed by atoms with Crippen LogP contribution in [0.25, 0.3) is 10.1 Å². The molecule has 0 nitrogen and oxygen atoms in total. The van der Waals surface area contributed by atoms with Crippen LogP contribution in [-0.4, -0.2) is 8.07 Å². The van der Waals surface area contributed by atoms with E-state index in [0.29, 0.717) is 0 Å². The van der Waals surface area contributed by atoms with E-state index in [1.54, 1.807) is 4.50 Å². The Morgan fingerprint density at radius 2 is 1.76 bits per heavy atom. The van der Waals surface area contributed by atoms with Crippen LogP contribution in [-0.2, 0) is 0 Å². The van der Waals surface area contributed by atoms with Crippen molar-refractivity contribution in [1.29, 1.82) is 0 Å². The van der Waals surface area contributed by atoms with Crippen LogP contribution in [0.2, 0.25) is 18.1 Å². The quantitative estimate of drug-likeness (QED) is 0.661. The second kappa shape index (κ2) is 5.25. The first-order valence-electron chi connectivity index (χ1n) is 6.35. The number of thiophene rings is 1. The number of rotatable bonds is 4. The SMILES string of the molecule is CC[Si](CC)(CC)c1cc2c(Br)cccc2s1. The molecule has 0 N–H and O–H groups in total. The van der Waals surface area contributed by atoms with Crippen molar-refractivity contribution in [2.45, 2.75) is 38.9 Å². The molecule has 0 saturated heterocycles. The maximum Gasteiger partial charge on any atom is 0.0987 e. The molecule has 17 heavy (non-hydrogen) atoms. The summed E-state index contributed by atoms with van der Waals surface area (Å²) in [6.07, 6.45) is 0. The molecule has 0 saturated carbocycles. The maximum absolute atomic E-state index is 3.66. The average molecular weight is 327 g/mol. The Balaban J connectivity index is 2.59. The van der Waals surface area contributed by atoms with Gasteiger partial charge in [0.05, 0.1) is 8.07 Å². The van der Waals surface area contributed by atoms with Gasteiger partial charge in [0.25, 0.3) is 0 Å². The number of benzene rings is 1. The zero-order chi connectivity index (χ0) is 12.5. The molecule has 0 aliphatic carbocycles. The molecule has 3 heteroatoms. The van der Waals surface area contributed by atoms with Gasteiger partial charge in [-0.15, -0.1) is 11.3 Å². The molecule has 1 aromatic carbocycles. The van der Waals surface area contributed by atoms with Gasteiger partial charge < -0.3 is 0 Å². The molecule has 2 rings (SSSR count). The van der Waals surface area contributed by atoms with Gasteiger partial charge in [-0.1, -0.05) is 60.9 Å². The van der Waals surface area contributed by atoms with Gasteiger partial charge >= 0.3 is 0 Å². The Labute approximate surface area is 117 Å². The molecule has 0 fully saturated rings. The molecule has 0 amide bonds. The van der Waals surface area contributed by atoms with Gasteiger partial charge in [-0.2, -0.15) is 0 Å². The number of fused-ring (bicyclic) bond motifs is 1. The Bertz CT molecular complexity index is 506. The largest absolute Gasteiger partial charge is 0.145 e. The molecule has 1 heterocycles. The van der Waals surface area contributed by atoms with Crippen LogP contribution in [0.4, 0.5) is 0 Å². The lowest BCUT2D eigenvalue weighted by molar-refractivity contribution is 1.20. The standard InChI is InChI=1S/C14H19BrSSi/c1-4-17(5-2,6-3)14-10-11-12(15)8-7-9-13(11)16-14/h7-10H,4-6H2,1-3H3. The van der Waals surface area contributed by atoms with E-state index < -0.39 is 8.07 Å². The molecule has 0 spiro atoms. The minimum Gasteiger partial charge on any atom is -0.145 e. The molecular formula is C14H19BrSSi. The molecule has 0 bridgehead atoms. The minimum absolute atomic E-state index is 1.20. The molecular weight excluding hydrogens is 308 g/mol. The Hall–Kier alpha value is -0.123. The van der Waals surface area contributed by atoms with Crippen molar-refractivity contribution in [3.63, 3.8) is 0 Å². The van der Waals surface area contributed by atoms with Gasteiger partial charge in [-0.25, -0.2) is 0 Å². The first-order chi connectivity index (χ1) is 8.16. The fraction of sp³-hybridized carbons (Fsp3) is 0.429. The third kappa shape index (κ3) is 2.25. The Kier molecular flexibility index (Phi) is 4.11. The predicted molar refractivity (Wildman–Crippen MR) is 86.4 cm³/mol. The lowest BCUT2D eigenvalue weighted by Crippen LogP contribution is -2.43. The highest BCUT2D eigenvalue weighted by Gasteiger charge is 2.31. The number of hydrogen-bond acceptors (Lipinski definition) is 1. The van der Waals surface area contributed by atoms with E-state index in [0.717, 1.165) is 0 Å². The Morgan fingerprint density at radius 3 is 2.29 bits per heavy atom. The molecule has 0 atom stereocenters. The molecule has 1 aromatic heterocycles. The topological polar surface area (TPSA) is 0 Å². The van der Waals surface area contributed by atoms with Crippen LogP contribution in [0.5, 0.6) is 0 Å². The fourth-order valence-electron chi connectivity index (χ4n) is 2.56.